The van der Waals surface area contributed by atoms with E-state index in [1.165, 1.54) is 0 Å². The molecule has 0 aromatic carbocycles. The van der Waals surface area contributed by atoms with Crippen molar-refractivity contribution < 1.29 is 67.1 Å². The van der Waals surface area contributed by atoms with Crippen molar-refractivity contribution in [1.29, 1.82) is 0 Å². The van der Waals surface area contributed by atoms with Gasteiger partial charge in [0, 0.05) is 89.9 Å². The number of Topliss-reactive ketones (excluding diaryl/α,β-unsaturated/α-hetero) is 14. The maximum absolute atomic E-state index is 10.9. The molecule has 0 spiro atoms. The third kappa shape index (κ3) is 42.3. The third-order valence-corrected chi connectivity index (χ3v) is 12.2. The average Bonchev–Trinajstić information content (AvgIpc) is 3.02. The van der Waals surface area contributed by atoms with Crippen LogP contribution in [0, 0.1) is 37.9 Å². The number of hydrogen-bond acceptors (Lipinski definition) is 14. The van der Waals surface area contributed by atoms with E-state index in [2.05, 4.69) is 0 Å². The summed E-state index contributed by atoms with van der Waals surface area (Å²) < 4.78 is 0. The van der Waals surface area contributed by atoms with Crippen molar-refractivity contribution in [3.05, 3.63) is 0 Å². The quantitative estimate of drug-likeness (QED) is 0.205. The topological polar surface area (TPSA) is 239 Å². The van der Waals surface area contributed by atoms with Crippen molar-refractivity contribution in [2.24, 2.45) is 37.9 Å². The molecule has 0 unspecified atom stereocenters. The maximum Gasteiger partial charge on any atom is 0.140 e. The maximum atomic E-state index is 10.9. The molecule has 0 N–H and O–H groups in total. The van der Waals surface area contributed by atoms with E-state index in [-0.39, 0.29) is 283 Å². The second kappa shape index (κ2) is 37.8. The average molecular weight is 1550 g/mol. The summed E-state index contributed by atoms with van der Waals surface area (Å²) in [6.07, 6.45) is 9.15. The predicted octanol–water partition coefficient (Wildman–Crippen LogP) is 13.4. The second-order valence-electron chi connectivity index (χ2n) is 26.4. The zero-order chi connectivity index (χ0) is 54.4. The van der Waals surface area contributed by atoms with Crippen LogP contribution in [0.1, 0.15) is 232 Å². The number of carbonyl (C=O) groups excluding carboxylic acids is 14. The Labute approximate surface area is 532 Å². The molecule has 7 fully saturated rings. The van der Waals surface area contributed by atoms with Crippen LogP contribution >= 0.6 is 119 Å². The van der Waals surface area contributed by atoms with Crippen LogP contribution in [-0.2, 0) is 67.1 Å². The van der Waals surface area contributed by atoms with Gasteiger partial charge in [-0.05, 0) is 37.9 Å². The van der Waals surface area contributed by atoms with E-state index >= 15 is 0 Å². The zero-order valence-corrected chi connectivity index (χ0v) is 59.9. The monoisotopic (exact) mass is 1540 g/mol. The lowest BCUT2D eigenvalue weighted by molar-refractivity contribution is -0.135. The summed E-state index contributed by atoms with van der Waals surface area (Å²) in [6.45, 7) is 27.4. The van der Waals surface area contributed by atoms with Gasteiger partial charge in [-0.1, -0.05) is 96.9 Å². The highest BCUT2D eigenvalue weighted by Gasteiger charge is 2.36. The van der Waals surface area contributed by atoms with Gasteiger partial charge in [0.15, 0.2) is 0 Å². The first-order valence-corrected chi connectivity index (χ1v) is 24.7. The Balaban J connectivity index is -0.000000146. The summed E-state index contributed by atoms with van der Waals surface area (Å²) in [5.74, 6) is 1.38. The zero-order valence-electron chi connectivity index (χ0n) is 47.9. The van der Waals surface area contributed by atoms with Gasteiger partial charge >= 0.3 is 0 Å². The molecule has 14 nitrogen and oxygen atoms in total. The van der Waals surface area contributed by atoms with Crippen LogP contribution in [0.5, 0.6) is 0 Å². The minimum Gasteiger partial charge on any atom is -0.299 e. The Morgan fingerprint density at radius 2 is 0.208 bits per heavy atom. The van der Waals surface area contributed by atoms with Crippen LogP contribution in [0.25, 0.3) is 0 Å². The van der Waals surface area contributed by atoms with Crippen LogP contribution in [0.2, 0.25) is 0 Å². The lowest BCUT2D eigenvalue weighted by Crippen LogP contribution is -2.28. The molecule has 7 aliphatic carbocycles. The predicted molar refractivity (Wildman–Crippen MR) is 336 cm³/mol. The van der Waals surface area contributed by atoms with Crippen molar-refractivity contribution in [3.63, 3.8) is 0 Å². The summed E-state index contributed by atoms with van der Waals surface area (Å²) in [6, 6.07) is 0. The van der Waals surface area contributed by atoms with Gasteiger partial charge in [-0.15, -0.1) is 119 Å². The molecule has 0 bridgehead atoms. The van der Waals surface area contributed by atoms with Gasteiger partial charge < -0.3 is 0 Å². The van der Waals surface area contributed by atoms with E-state index in [9.17, 15) is 67.1 Å². The smallest absolute Gasteiger partial charge is 0.140 e. The highest BCUT2D eigenvalue weighted by atomic mass is 79.9. The molecule has 0 heterocycles. The standard InChI is InChI=1S/7C8H12O2.7BrH/c7*1-8(2)4-6(9)3-7(10)5-8;;;;;;;/h7*3-5H2,1-2H3;7*1H. The van der Waals surface area contributed by atoms with E-state index in [1.54, 1.807) is 0 Å². The fourth-order valence-electron chi connectivity index (χ4n) is 10.3. The Hall–Kier alpha value is -1.26. The number of hydrogen-bond donors (Lipinski definition) is 0. The fraction of sp³-hybridized carbons (Fsp3) is 0.750. The Bertz CT molecular complexity index is 1580. The molecule has 7 aliphatic rings. The number of ketones is 14. The number of rotatable bonds is 0. The molecule has 0 radical (unpaired) electrons. The van der Waals surface area contributed by atoms with Gasteiger partial charge in [-0.2, -0.15) is 0 Å². The Morgan fingerprint density at radius 3 is 0.247 bits per heavy atom. The van der Waals surface area contributed by atoms with Crippen LogP contribution < -0.4 is 0 Å². The molecular weight excluding hydrogens is 1460 g/mol. The largest absolute Gasteiger partial charge is 0.299 e. The van der Waals surface area contributed by atoms with Crippen molar-refractivity contribution in [2.45, 2.75) is 232 Å². The fourth-order valence-corrected chi connectivity index (χ4v) is 10.3. The molecule has 0 atom stereocenters. The first-order valence-electron chi connectivity index (χ1n) is 24.7. The molecule has 21 heteroatoms. The van der Waals surface area contributed by atoms with E-state index in [0.717, 1.165) is 0 Å². The van der Waals surface area contributed by atoms with Gasteiger partial charge in [-0.3, -0.25) is 67.1 Å². The van der Waals surface area contributed by atoms with Gasteiger partial charge in [0.25, 0.3) is 0 Å². The highest BCUT2D eigenvalue weighted by Crippen LogP contribution is 2.35. The molecule has 77 heavy (non-hydrogen) atoms. The molecule has 448 valence electrons. The first-order chi connectivity index (χ1) is 31.5. The van der Waals surface area contributed by atoms with Gasteiger partial charge in [0.1, 0.15) is 81.0 Å². The SMILES string of the molecule is Br.Br.Br.Br.Br.Br.Br.CC1(C)CC(=O)CC(=O)C1.CC1(C)CC(=O)CC(=O)C1.CC1(C)CC(=O)CC(=O)C1.CC1(C)CC(=O)CC(=O)C1.CC1(C)CC(=O)CC(=O)C1.CC1(C)CC(=O)CC(=O)C1.CC1(C)CC(=O)CC(=O)C1. The minimum atomic E-state index is -0.0770. The minimum absolute atomic E-state index is 0. The van der Waals surface area contributed by atoms with E-state index in [1.807, 2.05) is 96.9 Å². The molecule has 0 amide bonds. The van der Waals surface area contributed by atoms with E-state index < -0.39 is 0 Å². The molecule has 0 aromatic heterocycles. The molecule has 7 saturated carbocycles. The van der Waals surface area contributed by atoms with Crippen molar-refractivity contribution in [1.82, 2.24) is 0 Å². The summed E-state index contributed by atoms with van der Waals surface area (Å²) >= 11 is 0. The van der Waals surface area contributed by atoms with Crippen molar-refractivity contribution in [3.8, 4) is 0 Å². The molecule has 0 aliphatic heterocycles. The van der Waals surface area contributed by atoms with Crippen LogP contribution in [-0.4, -0.2) is 81.0 Å². The highest BCUT2D eigenvalue weighted by molar-refractivity contribution is 8.93. The lowest BCUT2D eigenvalue weighted by atomic mass is 9.76. The van der Waals surface area contributed by atoms with Gasteiger partial charge in [0.2, 0.25) is 0 Å². The molecule has 7 rings (SSSR count). The van der Waals surface area contributed by atoms with Gasteiger partial charge in [0.05, 0.1) is 44.9 Å². The van der Waals surface area contributed by atoms with Gasteiger partial charge in [-0.25, -0.2) is 0 Å². The summed E-state index contributed by atoms with van der Waals surface area (Å²) in [7, 11) is 0. The van der Waals surface area contributed by atoms with E-state index in [0.29, 0.717) is 89.9 Å². The normalized spacial score (nSPS) is 22.7. The second-order valence-corrected chi connectivity index (χ2v) is 26.4. The summed E-state index contributed by atoms with van der Waals surface area (Å²) in [5.41, 5.74) is -0.539. The number of halogens is 7. The third-order valence-electron chi connectivity index (χ3n) is 12.2. The van der Waals surface area contributed by atoms with E-state index in [4.69, 9.17) is 0 Å². The van der Waals surface area contributed by atoms with Crippen LogP contribution in [0.4, 0.5) is 0 Å². The van der Waals surface area contributed by atoms with Crippen LogP contribution in [0.3, 0.4) is 0 Å². The number of carbonyl (C=O) groups is 14. The molecule has 0 saturated heterocycles. The van der Waals surface area contributed by atoms with Crippen molar-refractivity contribution >= 4 is 200 Å². The first kappa shape index (κ1) is 89.5. The van der Waals surface area contributed by atoms with Crippen molar-refractivity contribution in [2.75, 3.05) is 0 Å². The lowest BCUT2D eigenvalue weighted by Gasteiger charge is -2.26. The Kier molecular flexibility index (Phi) is 43.9. The summed E-state index contributed by atoms with van der Waals surface area (Å²) in [4.78, 5) is 152. The molecular formula is C56H91Br7O14. The van der Waals surface area contributed by atoms with Crippen LogP contribution in [0.15, 0.2) is 0 Å². The summed E-state index contributed by atoms with van der Waals surface area (Å²) in [5, 5.41) is 0. The Morgan fingerprint density at radius 1 is 0.156 bits per heavy atom. The molecule has 0 aromatic rings.